The normalized spacial score (nSPS) is 17.4. The molecular weight excluding hydrogens is 488 g/mol. The van der Waals surface area contributed by atoms with Gasteiger partial charge in [-0.1, -0.05) is 41.0 Å². The number of benzene rings is 3. The van der Waals surface area contributed by atoms with Crippen molar-refractivity contribution in [2.75, 3.05) is 31.5 Å². The summed E-state index contributed by atoms with van der Waals surface area (Å²) in [6.07, 6.45) is 3.18. The van der Waals surface area contributed by atoms with E-state index in [2.05, 4.69) is 27.5 Å². The Kier molecular flexibility index (Phi) is 6.49. The van der Waals surface area contributed by atoms with E-state index in [4.69, 9.17) is 20.9 Å². The van der Waals surface area contributed by atoms with Gasteiger partial charge >= 0.3 is 6.03 Å². The molecule has 0 aliphatic carbocycles. The fourth-order valence-corrected chi connectivity index (χ4v) is 5.64. The zero-order chi connectivity index (χ0) is 25.2. The lowest BCUT2D eigenvalue weighted by Crippen LogP contribution is -2.45. The molecule has 1 aromatic heterocycles. The van der Waals surface area contributed by atoms with Crippen molar-refractivity contribution in [1.82, 2.24) is 15.0 Å². The molecule has 1 N–H and O–H groups in total. The van der Waals surface area contributed by atoms with Crippen molar-refractivity contribution < 1.29 is 14.1 Å². The molecule has 1 spiro atoms. The number of amides is 2. The summed E-state index contributed by atoms with van der Waals surface area (Å²) in [5, 5.41) is 8.47. The monoisotopic (exact) mass is 516 g/mol. The first-order chi connectivity index (χ1) is 18.1. The Morgan fingerprint density at radius 3 is 2.59 bits per heavy atom. The largest absolute Gasteiger partial charge is 0.457 e. The molecule has 0 saturated carbocycles. The number of carbonyl (C=O) groups is 1. The molecule has 2 fully saturated rings. The summed E-state index contributed by atoms with van der Waals surface area (Å²) < 4.78 is 11.3. The number of anilines is 1. The summed E-state index contributed by atoms with van der Waals surface area (Å²) in [5.74, 6) is 2.08. The van der Waals surface area contributed by atoms with Gasteiger partial charge < -0.3 is 14.2 Å². The smallest absolute Gasteiger partial charge is 0.323 e. The molecule has 2 aliphatic heterocycles. The van der Waals surface area contributed by atoms with Crippen LogP contribution in [0.2, 0.25) is 5.02 Å². The van der Waals surface area contributed by atoms with E-state index < -0.39 is 0 Å². The number of ether oxygens (including phenoxy) is 1. The third kappa shape index (κ3) is 5.29. The molecule has 3 heterocycles. The van der Waals surface area contributed by atoms with Crippen molar-refractivity contribution in [3.05, 3.63) is 83.4 Å². The van der Waals surface area contributed by atoms with Gasteiger partial charge in [-0.25, -0.2) is 4.79 Å². The quantitative estimate of drug-likeness (QED) is 0.316. The maximum absolute atomic E-state index is 12.9. The van der Waals surface area contributed by atoms with Gasteiger partial charge in [0.25, 0.3) is 0 Å². The predicted molar refractivity (Wildman–Crippen MR) is 144 cm³/mol. The molecule has 0 bridgehead atoms. The Balaban J connectivity index is 1.02. The van der Waals surface area contributed by atoms with Crippen molar-refractivity contribution in [1.29, 1.82) is 0 Å². The third-order valence-electron chi connectivity index (χ3n) is 7.59. The zero-order valence-corrected chi connectivity index (χ0v) is 21.3. The summed E-state index contributed by atoms with van der Waals surface area (Å²) in [5.41, 5.74) is 2.18. The van der Waals surface area contributed by atoms with Crippen LogP contribution in [-0.2, 0) is 6.54 Å². The number of hydrogen-bond donors (Lipinski definition) is 1. The number of urea groups is 1. The molecule has 4 aromatic rings. The van der Waals surface area contributed by atoms with Crippen LogP contribution in [0.3, 0.4) is 0 Å². The topological polar surface area (TPSA) is 70.8 Å². The number of hydrogen-bond acceptors (Lipinski definition) is 5. The highest BCUT2D eigenvalue weighted by molar-refractivity contribution is 6.30. The van der Waals surface area contributed by atoms with Gasteiger partial charge in [-0.05, 0) is 85.3 Å². The molecule has 0 radical (unpaired) electrons. The highest BCUT2D eigenvalue weighted by Crippen LogP contribution is 2.41. The average molecular weight is 517 g/mol. The van der Waals surface area contributed by atoms with Crippen LogP contribution in [0.5, 0.6) is 11.5 Å². The molecule has 0 atom stereocenters. The summed E-state index contributed by atoms with van der Waals surface area (Å²) in [4.78, 5) is 17.3. The van der Waals surface area contributed by atoms with Gasteiger partial charge in [0, 0.05) is 31.2 Å². The molecule has 2 amide bonds. The lowest BCUT2D eigenvalue weighted by molar-refractivity contribution is 0.124. The maximum Gasteiger partial charge on any atom is 0.323 e. The molecule has 37 heavy (non-hydrogen) atoms. The number of rotatable bonds is 5. The van der Waals surface area contributed by atoms with Crippen LogP contribution in [0, 0.1) is 5.41 Å². The number of halogens is 1. The van der Waals surface area contributed by atoms with Gasteiger partial charge in [-0.15, -0.1) is 0 Å². The summed E-state index contributed by atoms with van der Waals surface area (Å²) in [7, 11) is 0. The second-order valence-electron chi connectivity index (χ2n) is 10.1. The van der Waals surface area contributed by atoms with E-state index in [9.17, 15) is 4.79 Å². The van der Waals surface area contributed by atoms with E-state index in [-0.39, 0.29) is 11.4 Å². The standard InChI is InChI=1S/C29H29ClN4O3/c30-22-8-10-23(11-9-22)36-24-5-3-4-21(18-24)19-33-15-12-29(20-33)13-16-34(17-14-29)28(35)31-27-25-6-1-2-7-26(25)37-32-27/h1-11,18H,12-17,19-20H2,(H,31,32,35). The Bertz CT molecular complexity index is 1400. The molecule has 6 rings (SSSR count). The number of nitrogens with one attached hydrogen (secondary N) is 1. The molecule has 2 aliphatic rings. The lowest BCUT2D eigenvalue weighted by atomic mass is 9.78. The van der Waals surface area contributed by atoms with Crippen molar-refractivity contribution >= 4 is 34.4 Å². The number of likely N-dealkylation sites (tertiary alicyclic amines) is 2. The van der Waals surface area contributed by atoms with Crippen LogP contribution >= 0.6 is 11.6 Å². The minimum absolute atomic E-state index is 0.110. The zero-order valence-electron chi connectivity index (χ0n) is 20.5. The van der Waals surface area contributed by atoms with E-state index in [1.807, 2.05) is 65.6 Å². The van der Waals surface area contributed by atoms with E-state index in [0.29, 0.717) is 16.4 Å². The van der Waals surface area contributed by atoms with Gasteiger partial charge in [-0.3, -0.25) is 10.2 Å². The molecular formula is C29H29ClN4O3. The summed E-state index contributed by atoms with van der Waals surface area (Å²) >= 11 is 5.98. The average Bonchev–Trinajstić information content (AvgIpc) is 3.50. The third-order valence-corrected chi connectivity index (χ3v) is 7.84. The van der Waals surface area contributed by atoms with Gasteiger partial charge in [0.2, 0.25) is 0 Å². The number of piperidine rings is 1. The van der Waals surface area contributed by atoms with Crippen molar-refractivity contribution in [2.45, 2.75) is 25.8 Å². The number of fused-ring (bicyclic) bond motifs is 1. The van der Waals surface area contributed by atoms with Crippen LogP contribution < -0.4 is 10.1 Å². The molecule has 8 heteroatoms. The van der Waals surface area contributed by atoms with Crippen LogP contribution in [0.25, 0.3) is 11.0 Å². The maximum atomic E-state index is 12.9. The van der Waals surface area contributed by atoms with Crippen molar-refractivity contribution in [3.8, 4) is 11.5 Å². The Morgan fingerprint density at radius 1 is 0.973 bits per heavy atom. The summed E-state index contributed by atoms with van der Waals surface area (Å²) in [6.45, 7) is 4.51. The minimum Gasteiger partial charge on any atom is -0.457 e. The van der Waals surface area contributed by atoms with Gasteiger partial charge in [-0.2, -0.15) is 0 Å². The van der Waals surface area contributed by atoms with Gasteiger partial charge in [0.05, 0.1) is 5.39 Å². The van der Waals surface area contributed by atoms with E-state index in [0.717, 1.165) is 68.9 Å². The van der Waals surface area contributed by atoms with Crippen molar-refractivity contribution in [3.63, 3.8) is 0 Å². The van der Waals surface area contributed by atoms with E-state index >= 15 is 0 Å². The molecule has 3 aromatic carbocycles. The fourth-order valence-electron chi connectivity index (χ4n) is 5.52. The van der Waals surface area contributed by atoms with Gasteiger partial charge in [0.15, 0.2) is 11.4 Å². The molecule has 0 unspecified atom stereocenters. The number of para-hydroxylation sites is 1. The predicted octanol–water partition coefficient (Wildman–Crippen LogP) is 6.79. The van der Waals surface area contributed by atoms with Crippen LogP contribution in [0.1, 0.15) is 24.8 Å². The lowest BCUT2D eigenvalue weighted by Gasteiger charge is -2.39. The first kappa shape index (κ1) is 23.8. The van der Waals surface area contributed by atoms with E-state index in [1.54, 1.807) is 0 Å². The Morgan fingerprint density at radius 2 is 1.76 bits per heavy atom. The second kappa shape index (κ2) is 10.1. The fraction of sp³-hybridized carbons (Fsp3) is 0.310. The van der Waals surface area contributed by atoms with Crippen molar-refractivity contribution in [2.24, 2.45) is 5.41 Å². The number of nitrogens with zero attached hydrogens (tertiary/aromatic N) is 3. The second-order valence-corrected chi connectivity index (χ2v) is 10.5. The SMILES string of the molecule is O=C(Nc1noc2ccccc12)N1CCC2(CCN(Cc3cccc(Oc4ccc(Cl)cc4)c3)C2)CC1. The highest BCUT2D eigenvalue weighted by Gasteiger charge is 2.41. The Labute approximate surface area is 220 Å². The van der Waals surface area contributed by atoms with Crippen LogP contribution in [0.15, 0.2) is 77.3 Å². The first-order valence-electron chi connectivity index (χ1n) is 12.7. The molecule has 7 nitrogen and oxygen atoms in total. The summed E-state index contributed by atoms with van der Waals surface area (Å²) in [6, 6.07) is 23.1. The Hall–Kier alpha value is -3.55. The first-order valence-corrected chi connectivity index (χ1v) is 13.1. The van der Waals surface area contributed by atoms with Crippen LogP contribution in [0.4, 0.5) is 10.6 Å². The van der Waals surface area contributed by atoms with Crippen LogP contribution in [-0.4, -0.2) is 47.2 Å². The van der Waals surface area contributed by atoms with E-state index in [1.165, 1.54) is 5.56 Å². The molecule has 2 saturated heterocycles. The number of aromatic nitrogens is 1. The van der Waals surface area contributed by atoms with Gasteiger partial charge in [0.1, 0.15) is 11.5 Å². The molecule has 190 valence electrons. The minimum atomic E-state index is -0.110. The number of carbonyl (C=O) groups excluding carboxylic acids is 1. The highest BCUT2D eigenvalue weighted by atomic mass is 35.5.